The SMILES string of the molecule is O=C(Nc1cc(C2CCCCCC2)[nH]n1)C1CC1. The summed E-state index contributed by atoms with van der Waals surface area (Å²) in [4.78, 5) is 11.7. The van der Waals surface area contributed by atoms with Crippen molar-refractivity contribution in [3.8, 4) is 0 Å². The average molecular weight is 247 g/mol. The first-order chi connectivity index (χ1) is 8.83. The van der Waals surface area contributed by atoms with Gasteiger partial charge in [0, 0.05) is 23.6 Å². The van der Waals surface area contributed by atoms with Crippen LogP contribution in [0.4, 0.5) is 5.82 Å². The van der Waals surface area contributed by atoms with Gasteiger partial charge in [-0.3, -0.25) is 9.89 Å². The molecule has 1 aromatic rings. The number of carbonyl (C=O) groups is 1. The molecule has 2 aliphatic rings. The van der Waals surface area contributed by atoms with Crippen LogP contribution in [0.25, 0.3) is 0 Å². The first-order valence-corrected chi connectivity index (χ1v) is 7.19. The van der Waals surface area contributed by atoms with E-state index in [2.05, 4.69) is 15.5 Å². The second-order valence-electron chi connectivity index (χ2n) is 5.66. The highest BCUT2D eigenvalue weighted by molar-refractivity contribution is 5.93. The smallest absolute Gasteiger partial charge is 0.228 e. The Morgan fingerprint density at radius 2 is 1.89 bits per heavy atom. The normalized spacial score (nSPS) is 21.6. The standard InChI is InChI=1S/C14H21N3O/c18-14(11-7-8-11)15-13-9-12(16-17-13)10-5-3-1-2-4-6-10/h9-11H,1-8H2,(H2,15,16,17,18). The highest BCUT2D eigenvalue weighted by Gasteiger charge is 2.30. The lowest BCUT2D eigenvalue weighted by Crippen LogP contribution is -2.13. The monoisotopic (exact) mass is 247 g/mol. The van der Waals surface area contributed by atoms with E-state index in [1.807, 2.05) is 6.07 Å². The fourth-order valence-electron chi connectivity index (χ4n) is 2.77. The molecule has 0 bridgehead atoms. The zero-order valence-corrected chi connectivity index (χ0v) is 10.7. The number of nitrogens with zero attached hydrogens (tertiary/aromatic N) is 1. The summed E-state index contributed by atoms with van der Waals surface area (Å²) >= 11 is 0. The van der Waals surface area contributed by atoms with Gasteiger partial charge in [0.1, 0.15) is 0 Å². The largest absolute Gasteiger partial charge is 0.309 e. The van der Waals surface area contributed by atoms with Gasteiger partial charge in [-0.25, -0.2) is 0 Å². The Balaban J connectivity index is 1.62. The quantitative estimate of drug-likeness (QED) is 0.806. The van der Waals surface area contributed by atoms with Crippen molar-refractivity contribution in [1.82, 2.24) is 10.2 Å². The van der Waals surface area contributed by atoms with Gasteiger partial charge in [0.15, 0.2) is 5.82 Å². The number of H-pyrrole nitrogens is 1. The van der Waals surface area contributed by atoms with Crippen molar-refractivity contribution in [3.63, 3.8) is 0 Å². The van der Waals surface area contributed by atoms with E-state index in [1.165, 1.54) is 44.2 Å². The molecule has 0 atom stereocenters. The predicted octanol–water partition coefficient (Wildman–Crippen LogP) is 3.20. The number of anilines is 1. The predicted molar refractivity (Wildman–Crippen MR) is 70.4 cm³/mol. The van der Waals surface area contributed by atoms with E-state index in [-0.39, 0.29) is 11.8 Å². The number of nitrogens with one attached hydrogen (secondary N) is 2. The van der Waals surface area contributed by atoms with E-state index >= 15 is 0 Å². The summed E-state index contributed by atoms with van der Waals surface area (Å²) in [7, 11) is 0. The zero-order valence-electron chi connectivity index (χ0n) is 10.7. The fraction of sp³-hybridized carbons (Fsp3) is 0.714. The average Bonchev–Trinajstić information content (AvgIpc) is 3.16. The Morgan fingerprint density at radius 3 is 2.56 bits per heavy atom. The van der Waals surface area contributed by atoms with Crippen LogP contribution in [0.1, 0.15) is 63.0 Å². The summed E-state index contributed by atoms with van der Waals surface area (Å²) < 4.78 is 0. The molecular formula is C14H21N3O. The van der Waals surface area contributed by atoms with Crippen molar-refractivity contribution in [1.29, 1.82) is 0 Å². The summed E-state index contributed by atoms with van der Waals surface area (Å²) in [5.74, 6) is 1.68. The van der Waals surface area contributed by atoms with Crippen LogP contribution < -0.4 is 5.32 Å². The lowest BCUT2D eigenvalue weighted by Gasteiger charge is -2.10. The van der Waals surface area contributed by atoms with Gasteiger partial charge in [-0.15, -0.1) is 0 Å². The summed E-state index contributed by atoms with van der Waals surface area (Å²) in [5.41, 5.74) is 1.20. The summed E-state index contributed by atoms with van der Waals surface area (Å²) in [6, 6.07) is 2.02. The number of carbonyl (C=O) groups excluding carboxylic acids is 1. The van der Waals surface area contributed by atoms with Crippen molar-refractivity contribution >= 4 is 11.7 Å². The van der Waals surface area contributed by atoms with Gasteiger partial charge in [0.2, 0.25) is 5.91 Å². The molecule has 3 rings (SSSR count). The van der Waals surface area contributed by atoms with E-state index in [0.717, 1.165) is 12.8 Å². The van der Waals surface area contributed by atoms with Crippen molar-refractivity contribution in [3.05, 3.63) is 11.8 Å². The maximum atomic E-state index is 11.7. The molecule has 1 aromatic heterocycles. The molecule has 4 heteroatoms. The number of rotatable bonds is 3. The van der Waals surface area contributed by atoms with Crippen LogP contribution in [0.15, 0.2) is 6.07 Å². The van der Waals surface area contributed by atoms with Crippen molar-refractivity contribution < 1.29 is 4.79 Å². The van der Waals surface area contributed by atoms with Crippen LogP contribution in [0, 0.1) is 5.92 Å². The molecular weight excluding hydrogens is 226 g/mol. The Kier molecular flexibility index (Phi) is 3.35. The Labute approximate surface area is 108 Å². The minimum absolute atomic E-state index is 0.133. The fourth-order valence-corrected chi connectivity index (χ4v) is 2.77. The molecule has 1 amide bonds. The molecule has 4 nitrogen and oxygen atoms in total. The van der Waals surface area contributed by atoms with Crippen LogP contribution in [0.3, 0.4) is 0 Å². The van der Waals surface area contributed by atoms with Gasteiger partial charge in [-0.1, -0.05) is 25.7 Å². The molecule has 2 fully saturated rings. The molecule has 0 aliphatic heterocycles. The number of hydrogen-bond acceptors (Lipinski definition) is 2. The first-order valence-electron chi connectivity index (χ1n) is 7.19. The molecule has 2 saturated carbocycles. The molecule has 0 spiro atoms. The van der Waals surface area contributed by atoms with Crippen LogP contribution in [-0.2, 0) is 4.79 Å². The van der Waals surface area contributed by atoms with E-state index in [9.17, 15) is 4.79 Å². The summed E-state index contributed by atoms with van der Waals surface area (Å²) in [6.45, 7) is 0. The van der Waals surface area contributed by atoms with Gasteiger partial charge < -0.3 is 5.32 Å². The van der Waals surface area contributed by atoms with Gasteiger partial charge in [0.05, 0.1) is 0 Å². The number of hydrogen-bond donors (Lipinski definition) is 2. The van der Waals surface area contributed by atoms with E-state index in [1.54, 1.807) is 0 Å². The molecule has 98 valence electrons. The molecule has 2 aliphatic carbocycles. The molecule has 0 aromatic carbocycles. The second-order valence-corrected chi connectivity index (χ2v) is 5.66. The lowest BCUT2D eigenvalue weighted by molar-refractivity contribution is -0.117. The molecule has 1 heterocycles. The van der Waals surface area contributed by atoms with Crippen molar-refractivity contribution in [2.24, 2.45) is 5.92 Å². The van der Waals surface area contributed by atoms with Gasteiger partial charge >= 0.3 is 0 Å². The summed E-state index contributed by atoms with van der Waals surface area (Å²) in [5, 5.41) is 10.2. The van der Waals surface area contributed by atoms with Crippen LogP contribution in [-0.4, -0.2) is 16.1 Å². The Hall–Kier alpha value is -1.32. The molecule has 2 N–H and O–H groups in total. The Bertz CT molecular complexity index is 414. The van der Waals surface area contributed by atoms with Gasteiger partial charge in [-0.2, -0.15) is 5.10 Å². The van der Waals surface area contributed by atoms with Gasteiger partial charge in [-0.05, 0) is 25.7 Å². The maximum absolute atomic E-state index is 11.7. The topological polar surface area (TPSA) is 57.8 Å². The maximum Gasteiger partial charge on any atom is 0.228 e. The first kappa shape index (κ1) is 11.8. The Morgan fingerprint density at radius 1 is 1.17 bits per heavy atom. The molecule has 0 saturated heterocycles. The van der Waals surface area contributed by atoms with Crippen LogP contribution in [0.5, 0.6) is 0 Å². The number of aromatic amines is 1. The number of aromatic nitrogens is 2. The highest BCUT2D eigenvalue weighted by atomic mass is 16.2. The zero-order chi connectivity index (χ0) is 12.4. The van der Waals surface area contributed by atoms with E-state index in [0.29, 0.717) is 11.7 Å². The second kappa shape index (κ2) is 5.12. The third-order valence-electron chi connectivity index (χ3n) is 4.09. The number of amides is 1. The highest BCUT2D eigenvalue weighted by Crippen LogP contribution is 2.32. The molecule has 18 heavy (non-hydrogen) atoms. The van der Waals surface area contributed by atoms with Crippen molar-refractivity contribution in [2.75, 3.05) is 5.32 Å². The lowest BCUT2D eigenvalue weighted by atomic mass is 9.97. The molecule has 0 unspecified atom stereocenters. The van der Waals surface area contributed by atoms with Gasteiger partial charge in [0.25, 0.3) is 0 Å². The van der Waals surface area contributed by atoms with Crippen LogP contribution >= 0.6 is 0 Å². The minimum Gasteiger partial charge on any atom is -0.309 e. The van der Waals surface area contributed by atoms with Crippen LogP contribution in [0.2, 0.25) is 0 Å². The van der Waals surface area contributed by atoms with E-state index in [4.69, 9.17) is 0 Å². The summed E-state index contributed by atoms with van der Waals surface area (Å²) in [6.07, 6.45) is 9.90. The van der Waals surface area contributed by atoms with E-state index < -0.39 is 0 Å². The third kappa shape index (κ3) is 2.74. The van der Waals surface area contributed by atoms with Crippen molar-refractivity contribution in [2.45, 2.75) is 57.3 Å². The molecule has 0 radical (unpaired) electrons. The minimum atomic E-state index is 0.133. The third-order valence-corrected chi connectivity index (χ3v) is 4.09.